The van der Waals surface area contributed by atoms with Crippen molar-refractivity contribution in [2.24, 2.45) is 11.7 Å². The molecule has 0 saturated carbocycles. The molecule has 290 valence electrons. The number of unbranched alkanes of at least 4 members (excludes halogenated alkanes) is 31. The first kappa shape index (κ1) is 47.8. The monoisotopic (exact) mass is 682 g/mol. The molecule has 48 heavy (non-hydrogen) atoms. The van der Waals surface area contributed by atoms with E-state index in [0.717, 1.165) is 32.1 Å². The molecule has 0 amide bonds. The fourth-order valence-electron chi connectivity index (χ4n) is 7.19. The van der Waals surface area contributed by atoms with Crippen LogP contribution in [0.5, 0.6) is 0 Å². The van der Waals surface area contributed by atoms with Crippen molar-refractivity contribution < 1.29 is 14.6 Å². The standard InChI is InChI=1S/C44H91NO3/c1-4-7-10-13-16-19-22-24-26-29-32-35-38-43(39-40-45)44(46,47-41-36-33-30-27-21-18-15-12-9-6-3)48-42-37-34-31-28-25-23-20-17-14-11-8-5-2/h43,46H,4-42,45H2,1-3H3. The molecule has 0 aromatic carbocycles. The van der Waals surface area contributed by atoms with Crippen molar-refractivity contribution in [1.82, 2.24) is 0 Å². The Hall–Kier alpha value is -0.160. The van der Waals surface area contributed by atoms with E-state index in [4.69, 9.17) is 15.2 Å². The van der Waals surface area contributed by atoms with Crippen LogP contribution in [-0.4, -0.2) is 30.8 Å². The van der Waals surface area contributed by atoms with Gasteiger partial charge in [-0.1, -0.05) is 226 Å². The van der Waals surface area contributed by atoms with Crippen molar-refractivity contribution in [1.29, 1.82) is 0 Å². The number of hydrogen-bond donors (Lipinski definition) is 2. The SMILES string of the molecule is CCCCCCCCCCCCCCOC(O)(OCCCCCCCCCCCC)C(CCN)CCCCCCCCCCCCCC. The van der Waals surface area contributed by atoms with Crippen LogP contribution in [-0.2, 0) is 9.47 Å². The summed E-state index contributed by atoms with van der Waals surface area (Å²) in [6, 6.07) is 0. The van der Waals surface area contributed by atoms with Gasteiger partial charge < -0.3 is 20.3 Å². The number of aliphatic hydroxyl groups is 1. The summed E-state index contributed by atoms with van der Waals surface area (Å²) in [5, 5.41) is 11.8. The van der Waals surface area contributed by atoms with Crippen LogP contribution < -0.4 is 5.73 Å². The molecular weight excluding hydrogens is 590 g/mol. The molecule has 0 heterocycles. The van der Waals surface area contributed by atoms with Crippen LogP contribution in [0.1, 0.15) is 252 Å². The number of hydrogen-bond acceptors (Lipinski definition) is 4. The van der Waals surface area contributed by atoms with Crippen molar-refractivity contribution >= 4 is 0 Å². The van der Waals surface area contributed by atoms with E-state index in [9.17, 15) is 5.11 Å². The fourth-order valence-corrected chi connectivity index (χ4v) is 7.19. The van der Waals surface area contributed by atoms with Crippen LogP contribution in [0.2, 0.25) is 0 Å². The van der Waals surface area contributed by atoms with E-state index >= 15 is 0 Å². The minimum atomic E-state index is -1.49. The van der Waals surface area contributed by atoms with E-state index in [1.165, 1.54) is 199 Å². The molecule has 0 spiro atoms. The first-order valence-corrected chi connectivity index (χ1v) is 22.3. The highest BCUT2D eigenvalue weighted by atomic mass is 16.8. The van der Waals surface area contributed by atoms with Crippen LogP contribution >= 0.6 is 0 Å². The lowest BCUT2D eigenvalue weighted by molar-refractivity contribution is -0.388. The van der Waals surface area contributed by atoms with Gasteiger partial charge in [-0.2, -0.15) is 0 Å². The van der Waals surface area contributed by atoms with Gasteiger partial charge in [-0.15, -0.1) is 0 Å². The maximum absolute atomic E-state index is 11.8. The molecule has 0 aromatic heterocycles. The van der Waals surface area contributed by atoms with E-state index in [1.54, 1.807) is 0 Å². The lowest BCUT2D eigenvalue weighted by Gasteiger charge is -2.35. The normalized spacial score (nSPS) is 13.7. The van der Waals surface area contributed by atoms with E-state index in [0.29, 0.717) is 19.8 Å². The van der Waals surface area contributed by atoms with Gasteiger partial charge in [0, 0.05) is 5.92 Å². The zero-order valence-electron chi connectivity index (χ0n) is 33.5. The van der Waals surface area contributed by atoms with Gasteiger partial charge in [0.25, 0.3) is 5.97 Å². The zero-order chi connectivity index (χ0) is 35.1. The minimum Gasteiger partial charge on any atom is -0.343 e. The average Bonchev–Trinajstić information content (AvgIpc) is 3.09. The third-order valence-electron chi connectivity index (χ3n) is 10.6. The summed E-state index contributed by atoms with van der Waals surface area (Å²) < 4.78 is 12.5. The Labute approximate surface area is 303 Å². The largest absolute Gasteiger partial charge is 0.343 e. The molecule has 0 aromatic rings. The van der Waals surface area contributed by atoms with E-state index < -0.39 is 5.97 Å². The van der Waals surface area contributed by atoms with Gasteiger partial charge in [-0.3, -0.25) is 0 Å². The predicted octanol–water partition coefficient (Wildman–Crippen LogP) is 14.3. The summed E-state index contributed by atoms with van der Waals surface area (Å²) in [5.74, 6) is -1.54. The first-order chi connectivity index (χ1) is 23.6. The van der Waals surface area contributed by atoms with Crippen molar-refractivity contribution in [3.8, 4) is 0 Å². The van der Waals surface area contributed by atoms with Crippen molar-refractivity contribution in [2.45, 2.75) is 258 Å². The number of rotatable bonds is 42. The van der Waals surface area contributed by atoms with Crippen LogP contribution in [0.25, 0.3) is 0 Å². The summed E-state index contributed by atoms with van der Waals surface area (Å²) in [7, 11) is 0. The molecule has 2 unspecified atom stereocenters. The van der Waals surface area contributed by atoms with Gasteiger partial charge in [-0.05, 0) is 32.2 Å². The quantitative estimate of drug-likeness (QED) is 0.0497. The Morgan fingerprint density at radius 2 is 0.625 bits per heavy atom. The van der Waals surface area contributed by atoms with Crippen molar-refractivity contribution in [3.63, 3.8) is 0 Å². The molecule has 4 nitrogen and oxygen atoms in total. The average molecular weight is 682 g/mol. The molecule has 0 aliphatic rings. The number of nitrogens with two attached hydrogens (primary N) is 1. The Balaban J connectivity index is 4.47. The molecule has 0 radical (unpaired) electrons. The highest BCUT2D eigenvalue weighted by Crippen LogP contribution is 2.30. The molecule has 0 aliphatic carbocycles. The molecule has 2 atom stereocenters. The van der Waals surface area contributed by atoms with Crippen LogP contribution in [0.15, 0.2) is 0 Å². The molecule has 3 N–H and O–H groups in total. The predicted molar refractivity (Wildman–Crippen MR) is 213 cm³/mol. The van der Waals surface area contributed by atoms with Gasteiger partial charge in [0.1, 0.15) is 0 Å². The Morgan fingerprint density at radius 1 is 0.375 bits per heavy atom. The lowest BCUT2D eigenvalue weighted by Crippen LogP contribution is -2.45. The second-order valence-electron chi connectivity index (χ2n) is 15.4. The summed E-state index contributed by atoms with van der Waals surface area (Å²) >= 11 is 0. The van der Waals surface area contributed by atoms with Crippen LogP contribution in [0.4, 0.5) is 0 Å². The van der Waals surface area contributed by atoms with Crippen LogP contribution in [0, 0.1) is 5.92 Å². The highest BCUT2D eigenvalue weighted by Gasteiger charge is 2.38. The summed E-state index contributed by atoms with van der Waals surface area (Å²) in [6.07, 6.45) is 46.7. The Morgan fingerprint density at radius 3 is 0.896 bits per heavy atom. The highest BCUT2D eigenvalue weighted by molar-refractivity contribution is 4.72. The summed E-state index contributed by atoms with van der Waals surface area (Å²) in [4.78, 5) is 0. The van der Waals surface area contributed by atoms with Crippen molar-refractivity contribution in [2.75, 3.05) is 19.8 Å². The minimum absolute atomic E-state index is 0.0499. The maximum Gasteiger partial charge on any atom is 0.283 e. The van der Waals surface area contributed by atoms with E-state index in [1.807, 2.05) is 0 Å². The van der Waals surface area contributed by atoms with Gasteiger partial charge in [-0.25, -0.2) is 0 Å². The molecule has 0 saturated heterocycles. The molecule has 0 rings (SSSR count). The second kappa shape index (κ2) is 39.6. The second-order valence-corrected chi connectivity index (χ2v) is 15.4. The topological polar surface area (TPSA) is 64.7 Å². The van der Waals surface area contributed by atoms with Crippen molar-refractivity contribution in [3.05, 3.63) is 0 Å². The molecule has 0 fully saturated rings. The van der Waals surface area contributed by atoms with Gasteiger partial charge in [0.15, 0.2) is 0 Å². The number of ether oxygens (including phenoxy) is 2. The van der Waals surface area contributed by atoms with Crippen LogP contribution in [0.3, 0.4) is 0 Å². The van der Waals surface area contributed by atoms with Gasteiger partial charge in [0.05, 0.1) is 13.2 Å². The molecule has 0 aliphatic heterocycles. The third-order valence-corrected chi connectivity index (χ3v) is 10.6. The Bertz CT molecular complexity index is 587. The molecule has 4 heteroatoms. The lowest BCUT2D eigenvalue weighted by atomic mass is 9.94. The Kier molecular flexibility index (Phi) is 39.5. The summed E-state index contributed by atoms with van der Waals surface area (Å²) in [5.41, 5.74) is 6.08. The molecule has 0 bridgehead atoms. The maximum atomic E-state index is 11.8. The van der Waals surface area contributed by atoms with E-state index in [-0.39, 0.29) is 5.92 Å². The first-order valence-electron chi connectivity index (χ1n) is 22.3. The van der Waals surface area contributed by atoms with Gasteiger partial charge >= 0.3 is 0 Å². The zero-order valence-corrected chi connectivity index (χ0v) is 33.5. The third kappa shape index (κ3) is 33.0. The summed E-state index contributed by atoms with van der Waals surface area (Å²) in [6.45, 7) is 8.58. The van der Waals surface area contributed by atoms with E-state index in [2.05, 4.69) is 20.8 Å². The fraction of sp³-hybridized carbons (Fsp3) is 1.00. The molecular formula is C44H91NO3. The van der Waals surface area contributed by atoms with Gasteiger partial charge in [0.2, 0.25) is 0 Å². The smallest absolute Gasteiger partial charge is 0.283 e.